The number of carboxylic acids is 1. The third-order valence-corrected chi connectivity index (χ3v) is 4.78. The van der Waals surface area contributed by atoms with Gasteiger partial charge in [-0.15, -0.1) is 0 Å². The molecule has 0 bridgehead atoms. The van der Waals surface area contributed by atoms with Gasteiger partial charge in [-0.3, -0.25) is 9.59 Å². The van der Waals surface area contributed by atoms with Gasteiger partial charge in [-0.2, -0.15) is 0 Å². The Morgan fingerprint density at radius 2 is 1.91 bits per heavy atom. The van der Waals surface area contributed by atoms with E-state index in [0.717, 1.165) is 30.5 Å². The van der Waals surface area contributed by atoms with E-state index in [1.165, 1.54) is 0 Å². The molecule has 0 aliphatic heterocycles. The lowest BCUT2D eigenvalue weighted by atomic mass is 10.0. The average Bonchev–Trinajstić information content (AvgIpc) is 3.14. The molecule has 22 heavy (non-hydrogen) atoms. The monoisotopic (exact) mass is 302 g/mol. The number of amides is 1. The van der Waals surface area contributed by atoms with Crippen molar-refractivity contribution in [1.29, 1.82) is 0 Å². The van der Waals surface area contributed by atoms with Crippen LogP contribution in [-0.2, 0) is 9.59 Å². The van der Waals surface area contributed by atoms with Gasteiger partial charge in [0.2, 0.25) is 5.91 Å². The van der Waals surface area contributed by atoms with Crippen LogP contribution in [-0.4, -0.2) is 42.5 Å². The summed E-state index contributed by atoms with van der Waals surface area (Å²) in [4.78, 5) is 26.1. The standard InChI is InChI=1S/C17H22N2O3/c1-19(2)10-17(7-8-17)16(22)18-14-9-13(15(20)21)11-5-3-4-6-12(11)14/h3-6,13-14H,7-10H2,1-2H3,(H,18,22)(H,20,21). The molecule has 1 aromatic carbocycles. The van der Waals surface area contributed by atoms with Crippen LogP contribution in [0.2, 0.25) is 0 Å². The summed E-state index contributed by atoms with van der Waals surface area (Å²) in [7, 11) is 3.94. The van der Waals surface area contributed by atoms with Gasteiger partial charge in [0.1, 0.15) is 0 Å². The lowest BCUT2D eigenvalue weighted by molar-refractivity contribution is -0.139. The van der Waals surface area contributed by atoms with Crippen molar-refractivity contribution in [1.82, 2.24) is 10.2 Å². The van der Waals surface area contributed by atoms with Crippen LogP contribution in [0.4, 0.5) is 0 Å². The van der Waals surface area contributed by atoms with Gasteiger partial charge in [0.15, 0.2) is 0 Å². The molecule has 1 aromatic rings. The molecule has 5 nitrogen and oxygen atoms in total. The summed E-state index contributed by atoms with van der Waals surface area (Å²) in [6, 6.07) is 7.34. The van der Waals surface area contributed by atoms with E-state index >= 15 is 0 Å². The summed E-state index contributed by atoms with van der Waals surface area (Å²) in [6.45, 7) is 0.746. The van der Waals surface area contributed by atoms with Crippen LogP contribution in [0.5, 0.6) is 0 Å². The van der Waals surface area contributed by atoms with Gasteiger partial charge >= 0.3 is 5.97 Å². The number of carbonyl (C=O) groups is 2. The molecule has 0 spiro atoms. The molecule has 5 heteroatoms. The molecule has 2 N–H and O–H groups in total. The number of benzene rings is 1. The Morgan fingerprint density at radius 3 is 2.45 bits per heavy atom. The first-order valence-corrected chi connectivity index (χ1v) is 7.70. The first kappa shape index (κ1) is 15.0. The van der Waals surface area contributed by atoms with Gasteiger partial charge < -0.3 is 15.3 Å². The van der Waals surface area contributed by atoms with Gasteiger partial charge in [-0.1, -0.05) is 24.3 Å². The lowest BCUT2D eigenvalue weighted by Crippen LogP contribution is -2.39. The fraction of sp³-hybridized carbons (Fsp3) is 0.529. The summed E-state index contributed by atoms with van der Waals surface area (Å²) < 4.78 is 0. The summed E-state index contributed by atoms with van der Waals surface area (Å²) in [5, 5.41) is 12.5. The fourth-order valence-electron chi connectivity index (χ4n) is 3.53. The largest absolute Gasteiger partial charge is 0.481 e. The maximum Gasteiger partial charge on any atom is 0.311 e. The number of nitrogens with zero attached hydrogens (tertiary/aromatic N) is 1. The average molecular weight is 302 g/mol. The highest BCUT2D eigenvalue weighted by Crippen LogP contribution is 2.48. The maximum absolute atomic E-state index is 12.6. The zero-order valence-electron chi connectivity index (χ0n) is 13.0. The Hall–Kier alpha value is -1.88. The van der Waals surface area contributed by atoms with Gasteiger partial charge in [0, 0.05) is 6.54 Å². The van der Waals surface area contributed by atoms with E-state index in [9.17, 15) is 14.7 Å². The summed E-state index contributed by atoms with van der Waals surface area (Å²) in [5.41, 5.74) is 1.50. The van der Waals surface area contributed by atoms with E-state index in [2.05, 4.69) is 5.32 Å². The van der Waals surface area contributed by atoms with Crippen LogP contribution in [0.25, 0.3) is 0 Å². The van der Waals surface area contributed by atoms with Crippen molar-refractivity contribution < 1.29 is 14.7 Å². The Bertz CT molecular complexity index is 608. The molecular formula is C17H22N2O3. The van der Waals surface area contributed by atoms with Crippen molar-refractivity contribution in [3.8, 4) is 0 Å². The molecular weight excluding hydrogens is 280 g/mol. The van der Waals surface area contributed by atoms with Crippen molar-refractivity contribution in [3.05, 3.63) is 35.4 Å². The number of fused-ring (bicyclic) bond motifs is 1. The van der Waals surface area contributed by atoms with Crippen molar-refractivity contribution in [2.24, 2.45) is 5.41 Å². The van der Waals surface area contributed by atoms with Crippen LogP contribution in [0.3, 0.4) is 0 Å². The molecule has 0 saturated heterocycles. The van der Waals surface area contributed by atoms with Crippen LogP contribution in [0.1, 0.15) is 42.3 Å². The van der Waals surface area contributed by atoms with Crippen LogP contribution in [0.15, 0.2) is 24.3 Å². The van der Waals surface area contributed by atoms with Crippen molar-refractivity contribution >= 4 is 11.9 Å². The van der Waals surface area contributed by atoms with Crippen LogP contribution >= 0.6 is 0 Å². The van der Waals surface area contributed by atoms with Gasteiger partial charge in [0.05, 0.1) is 17.4 Å². The number of hydrogen-bond donors (Lipinski definition) is 2. The summed E-state index contributed by atoms with van der Waals surface area (Å²) in [6.07, 6.45) is 2.26. The molecule has 2 atom stereocenters. The molecule has 2 unspecified atom stereocenters. The molecule has 3 rings (SSSR count). The van der Waals surface area contributed by atoms with E-state index in [0.29, 0.717) is 6.42 Å². The molecule has 118 valence electrons. The quantitative estimate of drug-likeness (QED) is 0.869. The minimum atomic E-state index is -0.821. The predicted molar refractivity (Wildman–Crippen MR) is 82.5 cm³/mol. The molecule has 0 aromatic heterocycles. The highest BCUT2D eigenvalue weighted by Gasteiger charge is 2.51. The van der Waals surface area contributed by atoms with Gasteiger partial charge in [-0.25, -0.2) is 0 Å². The Balaban J connectivity index is 1.77. The smallest absolute Gasteiger partial charge is 0.311 e. The molecule has 2 aliphatic rings. The van der Waals surface area contributed by atoms with E-state index < -0.39 is 11.9 Å². The van der Waals surface area contributed by atoms with Crippen molar-refractivity contribution in [2.45, 2.75) is 31.2 Å². The van der Waals surface area contributed by atoms with Crippen molar-refractivity contribution in [3.63, 3.8) is 0 Å². The third-order valence-electron chi connectivity index (χ3n) is 4.78. The molecule has 2 aliphatic carbocycles. The molecule has 1 amide bonds. The first-order chi connectivity index (χ1) is 10.4. The number of rotatable bonds is 5. The molecule has 1 fully saturated rings. The fourth-order valence-corrected chi connectivity index (χ4v) is 3.53. The Morgan fingerprint density at radius 1 is 1.27 bits per heavy atom. The van der Waals surface area contributed by atoms with Crippen LogP contribution in [0, 0.1) is 5.41 Å². The number of nitrogens with one attached hydrogen (secondary N) is 1. The van der Waals surface area contributed by atoms with Crippen molar-refractivity contribution in [2.75, 3.05) is 20.6 Å². The second-order valence-corrected chi connectivity index (χ2v) is 6.80. The second-order valence-electron chi connectivity index (χ2n) is 6.80. The topological polar surface area (TPSA) is 69.6 Å². The number of aliphatic carboxylic acids is 1. The van der Waals surface area contributed by atoms with Gasteiger partial charge in [-0.05, 0) is 44.5 Å². The first-order valence-electron chi connectivity index (χ1n) is 7.70. The summed E-state index contributed by atoms with van der Waals surface area (Å²) in [5.74, 6) is -1.28. The molecule has 1 saturated carbocycles. The Kier molecular flexibility index (Phi) is 3.68. The van der Waals surface area contributed by atoms with E-state index in [1.54, 1.807) is 0 Å². The zero-order chi connectivity index (χ0) is 15.9. The lowest BCUT2D eigenvalue weighted by Gasteiger charge is -2.22. The zero-order valence-corrected chi connectivity index (χ0v) is 13.0. The second kappa shape index (κ2) is 5.39. The molecule has 0 radical (unpaired) electrons. The third kappa shape index (κ3) is 2.61. The maximum atomic E-state index is 12.6. The normalized spacial score (nSPS) is 24.9. The Labute approximate surface area is 130 Å². The predicted octanol–water partition coefficient (Wildman–Crippen LogP) is 1.76. The highest BCUT2D eigenvalue weighted by molar-refractivity contribution is 5.86. The minimum Gasteiger partial charge on any atom is -0.481 e. The van der Waals surface area contributed by atoms with E-state index in [1.807, 2.05) is 43.3 Å². The number of hydrogen-bond acceptors (Lipinski definition) is 3. The number of carboxylic acid groups (broad SMARTS) is 1. The number of carbonyl (C=O) groups excluding carboxylic acids is 1. The van der Waals surface area contributed by atoms with Crippen LogP contribution < -0.4 is 5.32 Å². The van der Waals surface area contributed by atoms with E-state index in [4.69, 9.17) is 0 Å². The molecule has 0 heterocycles. The van der Waals surface area contributed by atoms with E-state index in [-0.39, 0.29) is 17.4 Å². The minimum absolute atomic E-state index is 0.0621. The highest BCUT2D eigenvalue weighted by atomic mass is 16.4. The van der Waals surface area contributed by atoms with Gasteiger partial charge in [0.25, 0.3) is 0 Å². The SMILES string of the molecule is CN(C)CC1(C(=O)NC2CC(C(=O)O)c3ccccc32)CC1. The summed E-state index contributed by atoms with van der Waals surface area (Å²) >= 11 is 0.